The van der Waals surface area contributed by atoms with Gasteiger partial charge in [0.05, 0.1) is 0 Å². The number of hydrogen-bond acceptors (Lipinski definition) is 7. The summed E-state index contributed by atoms with van der Waals surface area (Å²) in [6.07, 6.45) is 4.11. The summed E-state index contributed by atoms with van der Waals surface area (Å²) in [5.74, 6) is 0.878. The van der Waals surface area contributed by atoms with Crippen molar-refractivity contribution in [1.82, 2.24) is 24.0 Å². The molecule has 0 bridgehead atoms. The van der Waals surface area contributed by atoms with Gasteiger partial charge < -0.3 is 14.7 Å². The highest BCUT2D eigenvalue weighted by Gasteiger charge is 2.29. The van der Waals surface area contributed by atoms with Crippen LogP contribution in [0.25, 0.3) is 0 Å². The molecule has 1 unspecified atom stereocenters. The average Bonchev–Trinajstić information content (AvgIpc) is 2.74. The van der Waals surface area contributed by atoms with Crippen molar-refractivity contribution in [3.63, 3.8) is 0 Å². The molecule has 3 aliphatic heterocycles. The van der Waals surface area contributed by atoms with Crippen LogP contribution in [0, 0.1) is 0 Å². The molecular formula is C20H34N6O2S. The van der Waals surface area contributed by atoms with Crippen LogP contribution in [0.4, 0.5) is 5.82 Å². The standard InChI is InChI=1S/C20H34N6O2S/c1-22-8-14-26(15-9-22)29(27,28)19-5-6-20(21-16-19)25-12-10-24(11-13-25)18-4-3-7-23(2)17-18/h5-6,16,18H,3-4,7-15,17H2,1-2H3. The highest BCUT2D eigenvalue weighted by molar-refractivity contribution is 7.89. The van der Waals surface area contributed by atoms with Gasteiger partial charge in [0.15, 0.2) is 0 Å². The molecule has 0 amide bonds. The second kappa shape index (κ2) is 8.85. The molecule has 1 aromatic heterocycles. The molecule has 0 spiro atoms. The fraction of sp³-hybridized carbons (Fsp3) is 0.750. The Labute approximate surface area is 175 Å². The van der Waals surface area contributed by atoms with Gasteiger partial charge >= 0.3 is 0 Å². The minimum absolute atomic E-state index is 0.301. The molecule has 4 rings (SSSR count). The largest absolute Gasteiger partial charge is 0.354 e. The van der Waals surface area contributed by atoms with Crippen molar-refractivity contribution in [3.8, 4) is 0 Å². The summed E-state index contributed by atoms with van der Waals surface area (Å²) >= 11 is 0. The summed E-state index contributed by atoms with van der Waals surface area (Å²) in [7, 11) is 0.784. The Bertz CT molecular complexity index is 771. The first-order valence-corrected chi connectivity index (χ1v) is 12.2. The molecular weight excluding hydrogens is 388 g/mol. The van der Waals surface area contributed by atoms with Gasteiger partial charge in [-0.3, -0.25) is 4.90 Å². The Morgan fingerprint density at radius 1 is 0.897 bits per heavy atom. The highest BCUT2D eigenvalue weighted by Crippen LogP contribution is 2.22. The van der Waals surface area contributed by atoms with Crippen molar-refractivity contribution < 1.29 is 8.42 Å². The van der Waals surface area contributed by atoms with E-state index in [1.165, 1.54) is 25.6 Å². The van der Waals surface area contributed by atoms with E-state index in [0.29, 0.717) is 24.0 Å². The molecule has 0 aliphatic carbocycles. The van der Waals surface area contributed by atoms with Gasteiger partial charge in [0.1, 0.15) is 10.7 Å². The number of rotatable bonds is 4. The number of pyridine rings is 1. The molecule has 1 aromatic rings. The summed E-state index contributed by atoms with van der Waals surface area (Å²) in [5.41, 5.74) is 0. The molecule has 9 heteroatoms. The van der Waals surface area contributed by atoms with Crippen LogP contribution in [-0.2, 0) is 10.0 Å². The Kier molecular flexibility index (Phi) is 6.41. The molecule has 0 radical (unpaired) electrons. The highest BCUT2D eigenvalue weighted by atomic mass is 32.2. The zero-order chi connectivity index (χ0) is 20.4. The number of hydrogen-bond donors (Lipinski definition) is 0. The van der Waals surface area contributed by atoms with Crippen molar-refractivity contribution in [3.05, 3.63) is 18.3 Å². The summed E-state index contributed by atoms with van der Waals surface area (Å²) in [5, 5.41) is 0. The predicted molar refractivity (Wildman–Crippen MR) is 115 cm³/mol. The normalized spacial score (nSPS) is 26.7. The quantitative estimate of drug-likeness (QED) is 0.689. The molecule has 29 heavy (non-hydrogen) atoms. The second-order valence-corrected chi connectivity index (χ2v) is 10.6. The molecule has 1 atom stereocenters. The van der Waals surface area contributed by atoms with E-state index in [1.807, 2.05) is 13.1 Å². The fourth-order valence-corrected chi connectivity index (χ4v) is 6.01. The zero-order valence-electron chi connectivity index (χ0n) is 17.7. The lowest BCUT2D eigenvalue weighted by atomic mass is 10.0. The maximum absolute atomic E-state index is 12.9. The Morgan fingerprint density at radius 2 is 1.62 bits per heavy atom. The first kappa shape index (κ1) is 21.0. The molecule has 0 aromatic carbocycles. The Balaban J connectivity index is 1.35. The van der Waals surface area contributed by atoms with Crippen molar-refractivity contribution >= 4 is 15.8 Å². The number of likely N-dealkylation sites (N-methyl/N-ethyl adjacent to an activating group) is 2. The van der Waals surface area contributed by atoms with Gasteiger partial charge in [0.2, 0.25) is 10.0 Å². The number of anilines is 1. The van der Waals surface area contributed by atoms with Gasteiger partial charge in [-0.05, 0) is 45.6 Å². The summed E-state index contributed by atoms with van der Waals surface area (Å²) < 4.78 is 27.3. The maximum Gasteiger partial charge on any atom is 0.244 e. The number of likely N-dealkylation sites (tertiary alicyclic amines) is 1. The minimum atomic E-state index is -3.45. The van der Waals surface area contributed by atoms with Gasteiger partial charge in [-0.2, -0.15) is 4.31 Å². The first-order chi connectivity index (χ1) is 13.9. The smallest absolute Gasteiger partial charge is 0.244 e. The van der Waals surface area contributed by atoms with E-state index in [9.17, 15) is 8.42 Å². The van der Waals surface area contributed by atoms with Gasteiger partial charge in [-0.1, -0.05) is 0 Å². The van der Waals surface area contributed by atoms with E-state index in [1.54, 1.807) is 10.4 Å². The van der Waals surface area contributed by atoms with E-state index in [-0.39, 0.29) is 0 Å². The lowest BCUT2D eigenvalue weighted by Gasteiger charge is -2.43. The minimum Gasteiger partial charge on any atom is -0.354 e. The zero-order valence-corrected chi connectivity index (χ0v) is 18.5. The monoisotopic (exact) mass is 422 g/mol. The van der Waals surface area contributed by atoms with Crippen molar-refractivity contribution in [1.29, 1.82) is 0 Å². The van der Waals surface area contributed by atoms with E-state index in [0.717, 1.165) is 51.6 Å². The third kappa shape index (κ3) is 4.74. The van der Waals surface area contributed by atoms with Crippen LogP contribution in [0.5, 0.6) is 0 Å². The molecule has 0 N–H and O–H groups in total. The van der Waals surface area contributed by atoms with Crippen LogP contribution < -0.4 is 4.90 Å². The van der Waals surface area contributed by atoms with Crippen LogP contribution in [0.15, 0.2) is 23.2 Å². The van der Waals surface area contributed by atoms with Gasteiger partial charge in [0, 0.05) is 71.1 Å². The Hall–Kier alpha value is -1.26. The third-order valence-electron chi connectivity index (χ3n) is 6.58. The summed E-state index contributed by atoms with van der Waals surface area (Å²) in [4.78, 5) is 14.3. The van der Waals surface area contributed by atoms with E-state index in [4.69, 9.17) is 0 Å². The first-order valence-electron chi connectivity index (χ1n) is 10.8. The Morgan fingerprint density at radius 3 is 2.24 bits per heavy atom. The molecule has 3 fully saturated rings. The van der Waals surface area contributed by atoms with Gasteiger partial charge in [0.25, 0.3) is 0 Å². The number of piperazine rings is 2. The molecule has 0 saturated carbocycles. The lowest BCUT2D eigenvalue weighted by molar-refractivity contribution is 0.106. The predicted octanol–water partition coefficient (Wildman–Crippen LogP) is 0.234. The molecule has 3 aliphatic rings. The third-order valence-corrected chi connectivity index (χ3v) is 8.46. The molecule has 8 nitrogen and oxygen atoms in total. The molecule has 162 valence electrons. The van der Waals surface area contributed by atoms with Crippen molar-refractivity contribution in [2.75, 3.05) is 84.4 Å². The van der Waals surface area contributed by atoms with Crippen LogP contribution in [0.2, 0.25) is 0 Å². The van der Waals surface area contributed by atoms with Gasteiger partial charge in [-0.15, -0.1) is 0 Å². The maximum atomic E-state index is 12.9. The van der Waals surface area contributed by atoms with E-state index in [2.05, 4.69) is 31.6 Å². The van der Waals surface area contributed by atoms with E-state index < -0.39 is 10.0 Å². The lowest BCUT2D eigenvalue weighted by Crippen LogP contribution is -2.54. The second-order valence-electron chi connectivity index (χ2n) is 8.64. The van der Waals surface area contributed by atoms with Crippen molar-refractivity contribution in [2.45, 2.75) is 23.8 Å². The van der Waals surface area contributed by atoms with Crippen LogP contribution >= 0.6 is 0 Å². The van der Waals surface area contributed by atoms with Crippen LogP contribution in [0.1, 0.15) is 12.8 Å². The number of aromatic nitrogens is 1. The summed E-state index contributed by atoms with van der Waals surface area (Å²) in [6, 6.07) is 4.26. The number of nitrogens with zero attached hydrogens (tertiary/aromatic N) is 6. The van der Waals surface area contributed by atoms with Crippen molar-refractivity contribution in [2.24, 2.45) is 0 Å². The number of piperidine rings is 1. The SMILES string of the molecule is CN1CCN(S(=O)(=O)c2ccc(N3CCN(C4CCCN(C)C4)CC3)nc2)CC1. The van der Waals surface area contributed by atoms with Gasteiger partial charge in [-0.25, -0.2) is 13.4 Å². The van der Waals surface area contributed by atoms with E-state index >= 15 is 0 Å². The number of sulfonamides is 1. The summed E-state index contributed by atoms with van der Waals surface area (Å²) in [6.45, 7) is 8.97. The average molecular weight is 423 g/mol. The molecule has 4 heterocycles. The van der Waals surface area contributed by atoms with Crippen LogP contribution in [-0.4, -0.2) is 118 Å². The molecule has 3 saturated heterocycles. The fourth-order valence-electron chi connectivity index (χ4n) is 4.64. The topological polar surface area (TPSA) is 63.2 Å². The van der Waals surface area contributed by atoms with Crippen LogP contribution in [0.3, 0.4) is 0 Å².